The smallest absolute Gasteiger partial charge is 0.251 e. The van der Waals surface area contributed by atoms with E-state index in [2.05, 4.69) is 15.6 Å². The average Bonchev–Trinajstić information content (AvgIpc) is 3.31. The Kier molecular flexibility index (Phi) is 6.45. The van der Waals surface area contributed by atoms with Gasteiger partial charge in [-0.3, -0.25) is 14.6 Å². The Balaban J connectivity index is 1.42. The molecule has 0 aliphatic carbocycles. The van der Waals surface area contributed by atoms with E-state index < -0.39 is 12.0 Å². The maximum Gasteiger partial charge on any atom is 0.251 e. The van der Waals surface area contributed by atoms with Crippen LogP contribution in [0.3, 0.4) is 0 Å². The number of nitrogens with one attached hydrogen (secondary N) is 2. The minimum absolute atomic E-state index is 0.190. The molecule has 0 bridgehead atoms. The van der Waals surface area contributed by atoms with E-state index in [1.54, 1.807) is 37.6 Å². The first-order valence-corrected chi connectivity index (χ1v) is 11.6. The van der Waals surface area contributed by atoms with Gasteiger partial charge in [0.1, 0.15) is 23.6 Å². The summed E-state index contributed by atoms with van der Waals surface area (Å²) in [6.07, 6.45) is 2.83. The van der Waals surface area contributed by atoms with Crippen molar-refractivity contribution in [1.82, 2.24) is 15.6 Å². The van der Waals surface area contributed by atoms with Crippen LogP contribution in [0.5, 0.6) is 5.75 Å². The Morgan fingerprint density at radius 3 is 2.53 bits per heavy atom. The third kappa shape index (κ3) is 4.68. The van der Waals surface area contributed by atoms with E-state index in [4.69, 9.17) is 4.74 Å². The minimum Gasteiger partial charge on any atom is -0.484 e. The lowest BCUT2D eigenvalue weighted by molar-refractivity contribution is -0.123. The van der Waals surface area contributed by atoms with E-state index in [-0.39, 0.29) is 17.6 Å². The molecular weight excluding hydrogens is 457 g/mol. The van der Waals surface area contributed by atoms with Crippen LogP contribution in [-0.2, 0) is 11.3 Å². The zero-order chi connectivity index (χ0) is 25.1. The van der Waals surface area contributed by atoms with Gasteiger partial charge in [0.15, 0.2) is 0 Å². The predicted octanol–water partition coefficient (Wildman–Crippen LogP) is 4.78. The molecular formula is C29H24FN3O3. The Hall–Kier alpha value is -4.52. The SMILES string of the molecule is CNC(=O)C1c2cc(-c3cccc(C(=O)NCc4cccnc4)c3)ccc2OC1c1ccc(F)cc1. The highest BCUT2D eigenvalue weighted by Crippen LogP contribution is 2.47. The molecule has 2 N–H and O–H groups in total. The lowest BCUT2D eigenvalue weighted by Gasteiger charge is -2.18. The van der Waals surface area contributed by atoms with Crippen molar-refractivity contribution in [2.45, 2.75) is 18.6 Å². The van der Waals surface area contributed by atoms with Gasteiger partial charge >= 0.3 is 0 Å². The second kappa shape index (κ2) is 10.00. The quantitative estimate of drug-likeness (QED) is 0.415. The summed E-state index contributed by atoms with van der Waals surface area (Å²) in [5.74, 6) is -0.723. The summed E-state index contributed by atoms with van der Waals surface area (Å²) < 4.78 is 19.6. The molecule has 1 aliphatic rings. The molecule has 4 aromatic rings. The fraction of sp³-hybridized carbons (Fsp3) is 0.138. The summed E-state index contributed by atoms with van der Waals surface area (Å²) in [5.41, 5.74) is 4.60. The number of halogens is 1. The number of amides is 2. The topological polar surface area (TPSA) is 80.3 Å². The van der Waals surface area contributed by atoms with Crippen LogP contribution in [-0.4, -0.2) is 23.8 Å². The lowest BCUT2D eigenvalue weighted by atomic mass is 9.88. The largest absolute Gasteiger partial charge is 0.484 e. The number of likely N-dealkylation sites (N-methyl/N-ethyl adjacent to an activating group) is 1. The highest BCUT2D eigenvalue weighted by molar-refractivity contribution is 5.95. The Bertz CT molecular complexity index is 1410. The summed E-state index contributed by atoms with van der Waals surface area (Å²) in [4.78, 5) is 29.7. The van der Waals surface area contributed by atoms with Crippen molar-refractivity contribution >= 4 is 11.8 Å². The van der Waals surface area contributed by atoms with Crippen molar-refractivity contribution in [3.8, 4) is 16.9 Å². The molecule has 36 heavy (non-hydrogen) atoms. The number of aromatic nitrogens is 1. The summed E-state index contributed by atoms with van der Waals surface area (Å²) in [6.45, 7) is 0.381. The van der Waals surface area contributed by atoms with Crippen molar-refractivity contribution in [3.05, 3.63) is 119 Å². The predicted molar refractivity (Wildman–Crippen MR) is 134 cm³/mol. The second-order valence-corrected chi connectivity index (χ2v) is 8.56. The highest BCUT2D eigenvalue weighted by atomic mass is 19.1. The number of nitrogens with zero attached hydrogens (tertiary/aromatic N) is 1. The van der Waals surface area contributed by atoms with E-state index >= 15 is 0 Å². The Morgan fingerprint density at radius 1 is 0.972 bits per heavy atom. The minimum atomic E-state index is -0.596. The van der Waals surface area contributed by atoms with Crippen molar-refractivity contribution in [3.63, 3.8) is 0 Å². The molecule has 5 rings (SSSR count). The van der Waals surface area contributed by atoms with Crippen molar-refractivity contribution in [2.24, 2.45) is 0 Å². The molecule has 180 valence electrons. The number of carbonyl (C=O) groups is 2. The third-order valence-electron chi connectivity index (χ3n) is 6.26. The molecule has 0 saturated heterocycles. The van der Waals surface area contributed by atoms with E-state index in [0.717, 1.165) is 27.8 Å². The first kappa shape index (κ1) is 23.2. The standard InChI is InChI=1S/C29H24FN3O3/c1-31-29(35)26-24-15-21(9-12-25(24)36-27(26)19-7-10-23(30)11-8-19)20-5-2-6-22(14-20)28(34)33-17-18-4-3-13-32-16-18/h2-16,26-27H,17H2,1H3,(H,31,35)(H,33,34). The van der Waals surface area contributed by atoms with Crippen LogP contribution in [0.1, 0.15) is 39.1 Å². The molecule has 2 heterocycles. The first-order chi connectivity index (χ1) is 17.5. The summed E-state index contributed by atoms with van der Waals surface area (Å²) >= 11 is 0. The molecule has 2 atom stereocenters. The van der Waals surface area contributed by atoms with Gasteiger partial charge in [-0.1, -0.05) is 36.4 Å². The number of hydrogen-bond donors (Lipinski definition) is 2. The van der Waals surface area contributed by atoms with Crippen LogP contribution in [0.4, 0.5) is 4.39 Å². The number of benzene rings is 3. The van der Waals surface area contributed by atoms with E-state index in [9.17, 15) is 14.0 Å². The number of carbonyl (C=O) groups excluding carboxylic acids is 2. The lowest BCUT2D eigenvalue weighted by Crippen LogP contribution is -2.28. The van der Waals surface area contributed by atoms with Gasteiger partial charge in [-0.2, -0.15) is 0 Å². The van der Waals surface area contributed by atoms with Gasteiger partial charge in [-0.05, 0) is 64.7 Å². The third-order valence-corrected chi connectivity index (χ3v) is 6.26. The normalized spacial score (nSPS) is 16.1. The zero-order valence-electron chi connectivity index (χ0n) is 19.6. The molecule has 6 nitrogen and oxygen atoms in total. The van der Waals surface area contributed by atoms with E-state index in [0.29, 0.717) is 17.9 Å². The Labute approximate surface area is 208 Å². The summed E-state index contributed by atoms with van der Waals surface area (Å²) in [7, 11) is 1.58. The molecule has 0 saturated carbocycles. The number of pyridine rings is 1. The molecule has 7 heteroatoms. The monoisotopic (exact) mass is 481 g/mol. The molecule has 0 radical (unpaired) electrons. The first-order valence-electron chi connectivity index (χ1n) is 11.6. The number of ether oxygens (including phenoxy) is 1. The number of fused-ring (bicyclic) bond motifs is 1. The number of rotatable bonds is 6. The molecule has 1 aliphatic heterocycles. The Morgan fingerprint density at radius 2 is 1.78 bits per heavy atom. The fourth-order valence-corrected chi connectivity index (χ4v) is 4.42. The van der Waals surface area contributed by atoms with Crippen molar-refractivity contribution in [1.29, 1.82) is 0 Å². The maximum absolute atomic E-state index is 13.5. The molecule has 0 fully saturated rings. The second-order valence-electron chi connectivity index (χ2n) is 8.56. The van der Waals surface area contributed by atoms with E-state index in [1.165, 1.54) is 12.1 Å². The molecule has 2 amide bonds. The highest BCUT2D eigenvalue weighted by Gasteiger charge is 2.40. The maximum atomic E-state index is 13.5. The molecule has 0 spiro atoms. The molecule has 1 aromatic heterocycles. The van der Waals surface area contributed by atoms with Crippen LogP contribution in [0.25, 0.3) is 11.1 Å². The van der Waals surface area contributed by atoms with Gasteiger partial charge in [0.2, 0.25) is 5.91 Å². The van der Waals surface area contributed by atoms with Crippen LogP contribution in [0, 0.1) is 5.82 Å². The van der Waals surface area contributed by atoms with Gasteiger partial charge in [-0.15, -0.1) is 0 Å². The number of hydrogen-bond acceptors (Lipinski definition) is 4. The summed E-state index contributed by atoms with van der Waals surface area (Å²) in [5, 5.41) is 5.63. The van der Waals surface area contributed by atoms with Crippen molar-refractivity contribution < 1.29 is 18.7 Å². The van der Waals surface area contributed by atoms with Crippen LogP contribution in [0.2, 0.25) is 0 Å². The molecule has 3 aromatic carbocycles. The van der Waals surface area contributed by atoms with Crippen LogP contribution in [0.15, 0.2) is 91.3 Å². The van der Waals surface area contributed by atoms with Gasteiger partial charge < -0.3 is 15.4 Å². The van der Waals surface area contributed by atoms with Crippen molar-refractivity contribution in [2.75, 3.05) is 7.05 Å². The van der Waals surface area contributed by atoms with Crippen LogP contribution >= 0.6 is 0 Å². The molecule has 2 unspecified atom stereocenters. The van der Waals surface area contributed by atoms with E-state index in [1.807, 2.05) is 48.5 Å². The van der Waals surface area contributed by atoms with Gasteiger partial charge in [0.25, 0.3) is 5.91 Å². The fourth-order valence-electron chi connectivity index (χ4n) is 4.42. The zero-order valence-corrected chi connectivity index (χ0v) is 19.6. The summed E-state index contributed by atoms with van der Waals surface area (Å²) in [6, 6.07) is 22.7. The van der Waals surface area contributed by atoms with Gasteiger partial charge in [0, 0.05) is 37.1 Å². The van der Waals surface area contributed by atoms with Gasteiger partial charge in [0.05, 0.1) is 0 Å². The van der Waals surface area contributed by atoms with Crippen LogP contribution < -0.4 is 15.4 Å². The average molecular weight is 482 g/mol. The van der Waals surface area contributed by atoms with Gasteiger partial charge in [-0.25, -0.2) is 4.39 Å².